The van der Waals surface area contributed by atoms with Crippen molar-refractivity contribution >= 4 is 39.3 Å². The first kappa shape index (κ1) is 33.2. The summed E-state index contributed by atoms with van der Waals surface area (Å²) in [5, 5.41) is 3.68. The van der Waals surface area contributed by atoms with Crippen molar-refractivity contribution in [1.82, 2.24) is 14.9 Å². The maximum atomic E-state index is 13.7. The van der Waals surface area contributed by atoms with Gasteiger partial charge in [-0.05, 0) is 119 Å². The Morgan fingerprint density at radius 1 is 1.12 bits per heavy atom. The highest BCUT2D eigenvalue weighted by molar-refractivity contribution is 7.90. The molecule has 48 heavy (non-hydrogen) atoms. The molecule has 2 saturated carbocycles. The standard InChI is InChI=1S/C36H45ClN4O6S/c1-35(2)33(42)39-48(44,45)27-12-15-32-30(19-27)41(21-36(22-46-32)16-4-6-23-18-25(37)9-14-29(23)36)20-24-8-13-28(24)31(7-5-17-40(35)3)47-34(43)38-26-10-11-26/h5,7,9,12,14-15,18-19,24,26,28,31H,4,6,8,10-11,13,16-17,20-22H2,1-3H3,(H,38,43)(H,39,42)/b7-5+/t24-,28+,31-,36-/m0/s1. The van der Waals surface area contributed by atoms with Crippen molar-refractivity contribution in [3.8, 4) is 5.75 Å². The van der Waals surface area contributed by atoms with Gasteiger partial charge in [-0.2, -0.15) is 0 Å². The van der Waals surface area contributed by atoms with E-state index in [2.05, 4.69) is 27.1 Å². The predicted molar refractivity (Wildman–Crippen MR) is 184 cm³/mol. The van der Waals surface area contributed by atoms with Gasteiger partial charge in [0.05, 0.1) is 22.7 Å². The highest BCUT2D eigenvalue weighted by atomic mass is 35.5. The monoisotopic (exact) mass is 696 g/mol. The number of nitrogens with zero attached hydrogens (tertiary/aromatic N) is 2. The first-order valence-corrected chi connectivity index (χ1v) is 18.9. The number of rotatable bonds is 2. The molecule has 7 rings (SSSR count). The number of aryl methyl sites for hydroxylation is 1. The highest BCUT2D eigenvalue weighted by Gasteiger charge is 2.45. The van der Waals surface area contributed by atoms with Crippen molar-refractivity contribution in [3.05, 3.63) is 64.7 Å². The summed E-state index contributed by atoms with van der Waals surface area (Å²) in [6.45, 7) is 5.43. The number of fused-ring (bicyclic) bond motifs is 4. The molecule has 3 aliphatic carbocycles. The molecule has 4 atom stereocenters. The number of hydrogen-bond donors (Lipinski definition) is 2. The van der Waals surface area contributed by atoms with Gasteiger partial charge in [0.25, 0.3) is 15.9 Å². The summed E-state index contributed by atoms with van der Waals surface area (Å²) in [7, 11) is -2.43. The zero-order chi connectivity index (χ0) is 33.8. The van der Waals surface area contributed by atoms with E-state index in [9.17, 15) is 18.0 Å². The van der Waals surface area contributed by atoms with Crippen molar-refractivity contribution in [2.75, 3.05) is 38.2 Å². The summed E-state index contributed by atoms with van der Waals surface area (Å²) in [4.78, 5) is 30.5. The third kappa shape index (κ3) is 6.41. The zero-order valence-electron chi connectivity index (χ0n) is 27.8. The number of sulfonamides is 1. The molecule has 2 fully saturated rings. The van der Waals surface area contributed by atoms with Crippen LogP contribution in [-0.2, 0) is 31.4 Å². The lowest BCUT2D eigenvalue weighted by atomic mass is 9.68. The van der Waals surface area contributed by atoms with E-state index < -0.39 is 33.7 Å². The molecule has 2 aliphatic heterocycles. The number of amides is 2. The molecule has 2 aromatic rings. The van der Waals surface area contributed by atoms with Gasteiger partial charge in [-0.1, -0.05) is 23.7 Å². The minimum Gasteiger partial charge on any atom is -0.490 e. The number of benzene rings is 2. The number of alkyl carbamates (subject to hydrolysis) is 1. The van der Waals surface area contributed by atoms with Crippen LogP contribution in [-0.4, -0.2) is 76.3 Å². The topological polar surface area (TPSA) is 117 Å². The van der Waals surface area contributed by atoms with Crippen LogP contribution in [0.2, 0.25) is 5.02 Å². The van der Waals surface area contributed by atoms with Crippen LogP contribution >= 0.6 is 11.6 Å². The maximum absolute atomic E-state index is 13.7. The first-order chi connectivity index (χ1) is 22.8. The fraction of sp³-hybridized carbons (Fsp3) is 0.556. The van der Waals surface area contributed by atoms with Crippen molar-refractivity contribution in [2.24, 2.45) is 11.8 Å². The lowest BCUT2D eigenvalue weighted by molar-refractivity contribution is -0.128. The minimum absolute atomic E-state index is 0.00327. The van der Waals surface area contributed by atoms with Gasteiger partial charge in [0.1, 0.15) is 11.9 Å². The molecule has 258 valence electrons. The first-order valence-electron chi connectivity index (χ1n) is 17.1. The molecule has 2 N–H and O–H groups in total. The molecule has 2 aromatic carbocycles. The number of halogens is 1. The Morgan fingerprint density at radius 2 is 1.94 bits per heavy atom. The van der Waals surface area contributed by atoms with E-state index in [-0.39, 0.29) is 28.2 Å². The van der Waals surface area contributed by atoms with Gasteiger partial charge >= 0.3 is 6.09 Å². The number of hydrogen-bond acceptors (Lipinski definition) is 8. The van der Waals surface area contributed by atoms with Gasteiger partial charge < -0.3 is 19.7 Å². The van der Waals surface area contributed by atoms with Gasteiger partial charge in [-0.15, -0.1) is 0 Å². The largest absolute Gasteiger partial charge is 0.490 e. The predicted octanol–water partition coefficient (Wildman–Crippen LogP) is 5.18. The molecule has 0 saturated heterocycles. The van der Waals surface area contributed by atoms with E-state index in [1.807, 2.05) is 18.2 Å². The number of likely N-dealkylation sites (N-methyl/N-ethyl adjacent to an activating group) is 1. The van der Waals surface area contributed by atoms with Gasteiger partial charge in [-0.3, -0.25) is 9.69 Å². The quantitative estimate of drug-likeness (QED) is 0.413. The number of anilines is 1. The van der Waals surface area contributed by atoms with E-state index in [1.165, 1.54) is 17.2 Å². The summed E-state index contributed by atoms with van der Waals surface area (Å²) >= 11 is 6.43. The van der Waals surface area contributed by atoms with Gasteiger partial charge in [-0.25, -0.2) is 17.9 Å². The van der Waals surface area contributed by atoms with Crippen LogP contribution in [0.1, 0.15) is 63.5 Å². The summed E-state index contributed by atoms with van der Waals surface area (Å²) in [6.07, 6.45) is 9.64. The third-order valence-electron chi connectivity index (χ3n) is 11.3. The number of carbonyl (C=O) groups excluding carboxylic acids is 2. The van der Waals surface area contributed by atoms with Crippen LogP contribution in [0.25, 0.3) is 0 Å². The van der Waals surface area contributed by atoms with Crippen molar-refractivity contribution in [1.29, 1.82) is 0 Å². The molecule has 2 bridgehead atoms. The Bertz CT molecular complexity index is 1740. The van der Waals surface area contributed by atoms with Crippen LogP contribution in [0.3, 0.4) is 0 Å². The Morgan fingerprint density at radius 3 is 2.69 bits per heavy atom. The van der Waals surface area contributed by atoms with Crippen LogP contribution < -0.4 is 19.7 Å². The van der Waals surface area contributed by atoms with E-state index in [4.69, 9.17) is 21.1 Å². The molecule has 0 unspecified atom stereocenters. The second-order valence-corrected chi connectivity index (χ2v) is 16.9. The lowest BCUT2D eigenvalue weighted by Gasteiger charge is -2.46. The molecule has 5 aliphatic rings. The third-order valence-corrected chi connectivity index (χ3v) is 12.8. The molecular formula is C36H45ClN4O6S. The van der Waals surface area contributed by atoms with E-state index in [0.29, 0.717) is 42.7 Å². The summed E-state index contributed by atoms with van der Waals surface area (Å²) in [6, 6.07) is 11.2. The lowest BCUT2D eigenvalue weighted by Crippen LogP contribution is -2.54. The second kappa shape index (κ2) is 12.6. The molecule has 0 aromatic heterocycles. The SMILES string of the molecule is CN1C/C=C/[C@H](OC(=O)NC2CC2)[C@@H]2CC[C@H]2CN2C[C@@]3(CCCc4cc(Cl)ccc43)COc3ccc(cc32)S(=O)(=O)NC(=O)C1(C)C. The summed E-state index contributed by atoms with van der Waals surface area (Å²) < 4.78 is 42.5. The molecule has 12 heteroatoms. The van der Waals surface area contributed by atoms with Crippen molar-refractivity contribution in [2.45, 2.75) is 86.8 Å². The number of ether oxygens (including phenoxy) is 2. The summed E-state index contributed by atoms with van der Waals surface area (Å²) in [5.74, 6) is 0.229. The van der Waals surface area contributed by atoms with Gasteiger partial charge in [0.15, 0.2) is 0 Å². The van der Waals surface area contributed by atoms with Crippen LogP contribution in [0.15, 0.2) is 53.4 Å². The van der Waals surface area contributed by atoms with E-state index in [0.717, 1.165) is 44.9 Å². The van der Waals surface area contributed by atoms with Gasteiger partial charge in [0.2, 0.25) is 0 Å². The van der Waals surface area contributed by atoms with Crippen molar-refractivity contribution < 1.29 is 27.5 Å². The summed E-state index contributed by atoms with van der Waals surface area (Å²) in [5.41, 5.74) is 1.63. The smallest absolute Gasteiger partial charge is 0.407 e. The average Bonchev–Trinajstić information content (AvgIpc) is 3.85. The fourth-order valence-electron chi connectivity index (χ4n) is 7.68. The molecule has 10 nitrogen and oxygen atoms in total. The van der Waals surface area contributed by atoms with E-state index in [1.54, 1.807) is 37.9 Å². The number of carbonyl (C=O) groups is 2. The Hall–Kier alpha value is -3.28. The minimum atomic E-state index is -4.20. The molecule has 0 radical (unpaired) electrons. The molecule has 2 heterocycles. The molecule has 2 amide bonds. The second-order valence-electron chi connectivity index (χ2n) is 14.8. The zero-order valence-corrected chi connectivity index (χ0v) is 29.4. The number of nitrogens with one attached hydrogen (secondary N) is 2. The van der Waals surface area contributed by atoms with Crippen LogP contribution in [0.5, 0.6) is 5.75 Å². The maximum Gasteiger partial charge on any atom is 0.407 e. The molecular weight excluding hydrogens is 652 g/mol. The fourth-order valence-corrected chi connectivity index (χ4v) is 9.00. The Labute approximate surface area is 288 Å². The van der Waals surface area contributed by atoms with Crippen LogP contribution in [0.4, 0.5) is 10.5 Å². The van der Waals surface area contributed by atoms with E-state index >= 15 is 0 Å². The Balaban J connectivity index is 1.29. The van der Waals surface area contributed by atoms with Crippen LogP contribution in [0, 0.1) is 11.8 Å². The van der Waals surface area contributed by atoms with Gasteiger partial charge in [0, 0.05) is 42.0 Å². The molecule has 1 spiro atoms. The Kier molecular flexibility index (Phi) is 8.69. The van der Waals surface area contributed by atoms with Crippen molar-refractivity contribution in [3.63, 3.8) is 0 Å². The highest BCUT2D eigenvalue weighted by Crippen LogP contribution is 2.47. The normalized spacial score (nSPS) is 30.4. The average molecular weight is 697 g/mol.